The number of hydrogen-bond acceptors (Lipinski definition) is 13. The molecule has 17 heteroatoms. The van der Waals surface area contributed by atoms with E-state index in [9.17, 15) is 19.2 Å². The molecule has 0 radical (unpaired) electrons. The smallest absolute Gasteiger partial charge is 0.436 e. The van der Waals surface area contributed by atoms with Crippen LogP contribution in [-0.4, -0.2) is 90.3 Å². The van der Waals surface area contributed by atoms with Crippen LogP contribution in [-0.2, 0) is 18.9 Å². The second kappa shape index (κ2) is 21.5. The number of alkyl carbamates (subject to hydrolysis) is 3. The Balaban J connectivity index is -0.000000682. The van der Waals surface area contributed by atoms with Gasteiger partial charge in [-0.15, -0.1) is 0 Å². The minimum Gasteiger partial charge on any atom is -0.444 e. The molecule has 0 aromatic rings. The summed E-state index contributed by atoms with van der Waals surface area (Å²) in [6.45, 7) is 22.5. The van der Waals surface area contributed by atoms with Gasteiger partial charge in [-0.2, -0.15) is 4.99 Å². The van der Waals surface area contributed by atoms with Crippen molar-refractivity contribution in [3.8, 4) is 0 Å². The van der Waals surface area contributed by atoms with Crippen molar-refractivity contribution in [3.63, 3.8) is 0 Å². The third kappa shape index (κ3) is 35.0. The Labute approximate surface area is 266 Å². The van der Waals surface area contributed by atoms with Crippen molar-refractivity contribution >= 4 is 47.3 Å². The average Bonchev–Trinajstić information content (AvgIpc) is 2.77. The van der Waals surface area contributed by atoms with Crippen molar-refractivity contribution in [2.24, 2.45) is 27.2 Å². The molecule has 258 valence electrons. The van der Waals surface area contributed by atoms with E-state index >= 15 is 0 Å². The zero-order valence-electron chi connectivity index (χ0n) is 28.6. The van der Waals surface area contributed by atoms with E-state index in [1.165, 1.54) is 0 Å². The lowest BCUT2D eigenvalue weighted by atomic mass is 10.2. The van der Waals surface area contributed by atoms with Crippen molar-refractivity contribution in [1.82, 2.24) is 16.0 Å². The minimum atomic E-state index is -0.757. The summed E-state index contributed by atoms with van der Waals surface area (Å²) in [5.41, 5.74) is 12.6. The van der Waals surface area contributed by atoms with Gasteiger partial charge in [0.25, 0.3) is 0 Å². The van der Waals surface area contributed by atoms with Crippen LogP contribution in [0, 0.1) is 0 Å². The van der Waals surface area contributed by atoms with Gasteiger partial charge in [0, 0.05) is 19.6 Å². The molecular formula is C27H56N8O8S. The highest BCUT2D eigenvalue weighted by Gasteiger charge is 2.22. The largest absolute Gasteiger partial charge is 0.444 e. The SMILES string of the molecule is CC(C)(C)OC(=O)NC(=NCCN)NC(=O)OC(C)(C)C.CSC(=NC(=O)OC(C)(C)C)NC(=O)OC(C)(C)C.NCCN. The Bertz CT molecular complexity index is 913. The highest BCUT2D eigenvalue weighted by atomic mass is 32.2. The molecule has 4 amide bonds. The summed E-state index contributed by atoms with van der Waals surface area (Å²) >= 11 is 1.12. The fourth-order valence-electron chi connectivity index (χ4n) is 1.97. The van der Waals surface area contributed by atoms with Crippen LogP contribution < -0.4 is 33.2 Å². The van der Waals surface area contributed by atoms with Crippen LogP contribution in [0.25, 0.3) is 0 Å². The van der Waals surface area contributed by atoms with E-state index in [4.69, 9.17) is 36.1 Å². The molecule has 0 fully saturated rings. The standard InChI is InChI=1S/C13H26N4O4.C12H22N2O4S.C2H8N2/c1-12(2,3)20-10(18)16-9(15-8-7-14)17-11(19)21-13(4,5)6;1-11(2,3)17-9(15)13-8(19-7)14-10(16)18-12(4,5)6;3-1-2-4/h7-8,14H2,1-6H3,(H2,15,16,17,18,19);1-7H3,(H,13,14,15,16);1-4H2. The summed E-state index contributed by atoms with van der Waals surface area (Å²) in [4.78, 5) is 53.9. The molecule has 0 spiro atoms. The molecule has 0 rings (SSSR count). The quantitative estimate of drug-likeness (QED) is 0.146. The van der Waals surface area contributed by atoms with E-state index in [1.807, 2.05) is 0 Å². The molecule has 9 N–H and O–H groups in total. The number of carbonyl (C=O) groups excluding carboxylic acids is 4. The highest BCUT2D eigenvalue weighted by Crippen LogP contribution is 2.11. The van der Waals surface area contributed by atoms with Crippen LogP contribution in [0.5, 0.6) is 0 Å². The Morgan fingerprint density at radius 2 is 0.932 bits per heavy atom. The number of nitrogens with zero attached hydrogens (tertiary/aromatic N) is 2. The van der Waals surface area contributed by atoms with Crippen LogP contribution in [0.4, 0.5) is 19.2 Å². The second-order valence-electron chi connectivity index (χ2n) is 12.6. The lowest BCUT2D eigenvalue weighted by molar-refractivity contribution is 0.0531. The van der Waals surface area contributed by atoms with E-state index in [0.717, 1.165) is 11.8 Å². The Hall–Kier alpha value is -3.15. The number of amides is 4. The van der Waals surface area contributed by atoms with E-state index in [0.29, 0.717) is 13.1 Å². The maximum atomic E-state index is 11.7. The Morgan fingerprint density at radius 1 is 0.591 bits per heavy atom. The van der Waals surface area contributed by atoms with E-state index < -0.39 is 46.8 Å². The summed E-state index contributed by atoms with van der Waals surface area (Å²) in [6, 6.07) is 0. The van der Waals surface area contributed by atoms with Gasteiger partial charge >= 0.3 is 24.4 Å². The summed E-state index contributed by atoms with van der Waals surface area (Å²) in [7, 11) is 0. The first kappa shape index (κ1) is 45.3. The molecule has 16 nitrogen and oxygen atoms in total. The van der Waals surface area contributed by atoms with Gasteiger partial charge in [0.15, 0.2) is 5.17 Å². The number of nitrogens with two attached hydrogens (primary N) is 3. The molecule has 0 aromatic heterocycles. The van der Waals surface area contributed by atoms with Crippen molar-refractivity contribution in [1.29, 1.82) is 0 Å². The summed E-state index contributed by atoms with van der Waals surface area (Å²) in [6.07, 6.45) is -1.19. The summed E-state index contributed by atoms with van der Waals surface area (Å²) in [5, 5.41) is 7.21. The predicted molar refractivity (Wildman–Crippen MR) is 175 cm³/mol. The molecular weight excluding hydrogens is 596 g/mol. The zero-order valence-corrected chi connectivity index (χ0v) is 29.4. The third-order valence-corrected chi connectivity index (χ3v) is 3.77. The number of hydrogen-bond donors (Lipinski definition) is 6. The van der Waals surface area contributed by atoms with Crippen molar-refractivity contribution in [2.75, 3.05) is 32.4 Å². The van der Waals surface area contributed by atoms with Gasteiger partial charge in [-0.25, -0.2) is 19.2 Å². The van der Waals surface area contributed by atoms with Crippen molar-refractivity contribution < 1.29 is 38.1 Å². The molecule has 0 saturated heterocycles. The number of guanidine groups is 1. The van der Waals surface area contributed by atoms with Crippen LogP contribution in [0.15, 0.2) is 9.98 Å². The maximum Gasteiger partial charge on any atom is 0.436 e. The number of ether oxygens (including phenoxy) is 4. The van der Waals surface area contributed by atoms with Gasteiger partial charge in [-0.3, -0.25) is 20.9 Å². The third-order valence-electron chi connectivity index (χ3n) is 3.19. The first-order valence-electron chi connectivity index (χ1n) is 13.8. The molecule has 0 atom stereocenters. The van der Waals surface area contributed by atoms with E-state index in [2.05, 4.69) is 25.9 Å². The van der Waals surface area contributed by atoms with Crippen molar-refractivity contribution in [2.45, 2.75) is 105 Å². The molecule has 0 saturated carbocycles. The highest BCUT2D eigenvalue weighted by molar-refractivity contribution is 8.13. The van der Waals surface area contributed by atoms with Crippen LogP contribution >= 0.6 is 11.8 Å². The molecule has 44 heavy (non-hydrogen) atoms. The number of rotatable bonds is 3. The molecule has 0 bridgehead atoms. The van der Waals surface area contributed by atoms with Crippen molar-refractivity contribution in [3.05, 3.63) is 0 Å². The minimum absolute atomic E-state index is 0.0658. The Morgan fingerprint density at radius 3 is 1.20 bits per heavy atom. The number of nitrogens with one attached hydrogen (secondary N) is 3. The molecule has 0 heterocycles. The van der Waals surface area contributed by atoms with Gasteiger partial charge in [0.1, 0.15) is 22.4 Å². The average molecular weight is 653 g/mol. The maximum absolute atomic E-state index is 11.7. The fraction of sp³-hybridized carbons (Fsp3) is 0.778. The van der Waals surface area contributed by atoms with E-state index in [1.54, 1.807) is 89.3 Å². The normalized spacial score (nSPS) is 11.7. The first-order valence-corrected chi connectivity index (χ1v) is 15.0. The number of aliphatic imine (C=N–C) groups is 2. The molecule has 0 aliphatic carbocycles. The summed E-state index contributed by atoms with van der Waals surface area (Å²) in [5.74, 6) is -0.0658. The zero-order chi connectivity index (χ0) is 35.4. The van der Waals surface area contributed by atoms with Gasteiger partial charge in [-0.1, -0.05) is 11.8 Å². The number of thioether (sulfide) groups is 1. The predicted octanol–water partition coefficient (Wildman–Crippen LogP) is 3.42. The van der Waals surface area contributed by atoms with Crippen LogP contribution in [0.3, 0.4) is 0 Å². The second-order valence-corrected chi connectivity index (χ2v) is 13.4. The molecule has 0 aliphatic heterocycles. The lowest BCUT2D eigenvalue weighted by Gasteiger charge is -2.22. The molecule has 0 aliphatic rings. The first-order chi connectivity index (χ1) is 19.8. The van der Waals surface area contributed by atoms with Gasteiger partial charge in [0.2, 0.25) is 5.96 Å². The topological polar surface area (TPSA) is 244 Å². The van der Waals surface area contributed by atoms with Crippen LogP contribution in [0.2, 0.25) is 0 Å². The number of amidine groups is 1. The summed E-state index contributed by atoms with van der Waals surface area (Å²) < 4.78 is 20.2. The van der Waals surface area contributed by atoms with Gasteiger partial charge < -0.3 is 36.1 Å². The van der Waals surface area contributed by atoms with Gasteiger partial charge in [0.05, 0.1) is 6.54 Å². The van der Waals surface area contributed by atoms with E-state index in [-0.39, 0.29) is 24.2 Å². The molecule has 0 unspecified atom stereocenters. The molecule has 0 aromatic carbocycles. The fourth-order valence-corrected chi connectivity index (χ4v) is 2.32. The number of carbonyl (C=O) groups is 4. The van der Waals surface area contributed by atoms with Crippen LogP contribution in [0.1, 0.15) is 83.1 Å². The lowest BCUT2D eigenvalue weighted by Crippen LogP contribution is -2.47. The van der Waals surface area contributed by atoms with Gasteiger partial charge in [-0.05, 0) is 89.3 Å². The Kier molecular flexibility index (Phi) is 22.2. The monoisotopic (exact) mass is 652 g/mol.